The molecule has 0 aliphatic heterocycles. The van der Waals surface area contributed by atoms with Crippen LogP contribution in [0.5, 0.6) is 0 Å². The van der Waals surface area contributed by atoms with E-state index >= 15 is 0 Å². The van der Waals surface area contributed by atoms with Gasteiger partial charge in [0.05, 0.1) is 0 Å². The largest absolute Gasteiger partial charge is 0.0848 e. The van der Waals surface area contributed by atoms with Crippen molar-refractivity contribution in [3.8, 4) is 0 Å². The standard InChI is InChI=1S/C22H38/c1-15-5-8-19(9-6-15)20-10-12-21(13-11-20)22-14-7-16(2)17(3)18(22)4/h12,15-20,22H,5-11,13-14H2,1-4H3. The average molecular weight is 303 g/mol. The Morgan fingerprint density at radius 1 is 0.727 bits per heavy atom. The van der Waals surface area contributed by atoms with Crippen LogP contribution in [0.3, 0.4) is 0 Å². The molecule has 0 aromatic heterocycles. The van der Waals surface area contributed by atoms with Crippen molar-refractivity contribution in [3.05, 3.63) is 11.6 Å². The molecule has 2 fully saturated rings. The summed E-state index contributed by atoms with van der Waals surface area (Å²) in [6, 6.07) is 0. The Morgan fingerprint density at radius 3 is 2.09 bits per heavy atom. The van der Waals surface area contributed by atoms with Gasteiger partial charge in [-0.2, -0.15) is 0 Å². The molecule has 2 saturated carbocycles. The minimum absolute atomic E-state index is 0.905. The van der Waals surface area contributed by atoms with Crippen LogP contribution in [-0.2, 0) is 0 Å². The van der Waals surface area contributed by atoms with Gasteiger partial charge >= 0.3 is 0 Å². The molecule has 0 saturated heterocycles. The van der Waals surface area contributed by atoms with E-state index in [2.05, 4.69) is 33.8 Å². The molecular weight excluding hydrogens is 264 g/mol. The third-order valence-electron chi connectivity index (χ3n) is 7.98. The molecular formula is C22H38. The van der Waals surface area contributed by atoms with Gasteiger partial charge in [0, 0.05) is 0 Å². The number of allylic oxidation sites excluding steroid dienone is 2. The zero-order valence-electron chi connectivity index (χ0n) is 15.5. The first kappa shape index (κ1) is 16.6. The molecule has 0 heteroatoms. The highest BCUT2D eigenvalue weighted by Gasteiger charge is 2.35. The first-order chi connectivity index (χ1) is 10.6. The topological polar surface area (TPSA) is 0 Å². The van der Waals surface area contributed by atoms with Crippen molar-refractivity contribution in [1.29, 1.82) is 0 Å². The average Bonchev–Trinajstić information content (AvgIpc) is 2.54. The van der Waals surface area contributed by atoms with Crippen molar-refractivity contribution in [2.75, 3.05) is 0 Å². The second-order valence-corrected chi connectivity index (χ2v) is 9.21. The lowest BCUT2D eigenvalue weighted by molar-refractivity contribution is 0.138. The fourth-order valence-electron chi connectivity index (χ4n) is 5.77. The SMILES string of the molecule is CC1CCC(C2CC=C(C3CCC(C)C(C)C3C)CC2)CC1. The predicted molar refractivity (Wildman–Crippen MR) is 96.8 cm³/mol. The second-order valence-electron chi connectivity index (χ2n) is 9.21. The van der Waals surface area contributed by atoms with Crippen LogP contribution in [-0.4, -0.2) is 0 Å². The lowest BCUT2D eigenvalue weighted by atomic mass is 9.63. The van der Waals surface area contributed by atoms with Crippen LogP contribution in [0.4, 0.5) is 0 Å². The molecule has 126 valence electrons. The van der Waals surface area contributed by atoms with Crippen LogP contribution < -0.4 is 0 Å². The molecule has 0 aromatic rings. The molecule has 0 N–H and O–H groups in total. The number of hydrogen-bond acceptors (Lipinski definition) is 0. The van der Waals surface area contributed by atoms with E-state index in [-0.39, 0.29) is 0 Å². The van der Waals surface area contributed by atoms with Gasteiger partial charge in [-0.3, -0.25) is 0 Å². The van der Waals surface area contributed by atoms with Gasteiger partial charge in [0.2, 0.25) is 0 Å². The molecule has 0 radical (unpaired) electrons. The molecule has 0 spiro atoms. The van der Waals surface area contributed by atoms with Gasteiger partial charge in [0.1, 0.15) is 0 Å². The molecule has 0 bridgehead atoms. The fraction of sp³-hybridized carbons (Fsp3) is 0.909. The highest BCUT2D eigenvalue weighted by molar-refractivity contribution is 5.13. The van der Waals surface area contributed by atoms with Crippen molar-refractivity contribution in [2.24, 2.45) is 41.4 Å². The summed E-state index contributed by atoms with van der Waals surface area (Å²) in [7, 11) is 0. The van der Waals surface area contributed by atoms with Gasteiger partial charge in [-0.1, -0.05) is 52.2 Å². The molecule has 3 aliphatic rings. The summed E-state index contributed by atoms with van der Waals surface area (Å²) in [5.74, 6) is 6.74. The Labute approximate surface area is 139 Å². The smallest absolute Gasteiger partial charge is 0.0175 e. The molecule has 22 heavy (non-hydrogen) atoms. The molecule has 0 heterocycles. The zero-order chi connectivity index (χ0) is 15.7. The van der Waals surface area contributed by atoms with Crippen molar-refractivity contribution >= 4 is 0 Å². The van der Waals surface area contributed by atoms with Crippen LogP contribution >= 0.6 is 0 Å². The third kappa shape index (κ3) is 3.46. The maximum atomic E-state index is 2.70. The van der Waals surface area contributed by atoms with E-state index in [0.29, 0.717) is 0 Å². The van der Waals surface area contributed by atoms with E-state index in [1.165, 1.54) is 57.8 Å². The fourth-order valence-corrected chi connectivity index (χ4v) is 5.77. The van der Waals surface area contributed by atoms with E-state index in [4.69, 9.17) is 0 Å². The van der Waals surface area contributed by atoms with Gasteiger partial charge in [-0.05, 0) is 86.4 Å². The number of rotatable bonds is 2. The van der Waals surface area contributed by atoms with E-state index in [1.54, 1.807) is 0 Å². The van der Waals surface area contributed by atoms with Gasteiger partial charge in [0.25, 0.3) is 0 Å². The maximum Gasteiger partial charge on any atom is -0.0175 e. The number of hydrogen-bond donors (Lipinski definition) is 0. The highest BCUT2D eigenvalue weighted by Crippen LogP contribution is 2.46. The van der Waals surface area contributed by atoms with Crippen LogP contribution in [0.25, 0.3) is 0 Å². The Bertz CT molecular complexity index is 385. The summed E-state index contributed by atoms with van der Waals surface area (Å²) in [6.07, 6.45) is 16.0. The van der Waals surface area contributed by atoms with Crippen LogP contribution in [0, 0.1) is 41.4 Å². The molecule has 5 atom stereocenters. The summed E-state index contributed by atoms with van der Waals surface area (Å²) in [5, 5.41) is 0. The molecule has 0 amide bonds. The molecule has 0 nitrogen and oxygen atoms in total. The van der Waals surface area contributed by atoms with Gasteiger partial charge in [-0.25, -0.2) is 0 Å². The monoisotopic (exact) mass is 302 g/mol. The van der Waals surface area contributed by atoms with Gasteiger partial charge < -0.3 is 0 Å². The maximum absolute atomic E-state index is 2.70. The van der Waals surface area contributed by atoms with Crippen molar-refractivity contribution in [3.63, 3.8) is 0 Å². The Hall–Kier alpha value is -0.260. The van der Waals surface area contributed by atoms with Crippen LogP contribution in [0.1, 0.15) is 85.5 Å². The zero-order valence-corrected chi connectivity index (χ0v) is 15.5. The minimum Gasteiger partial charge on any atom is -0.0848 e. The predicted octanol–water partition coefficient (Wildman–Crippen LogP) is 6.86. The summed E-state index contributed by atoms with van der Waals surface area (Å²) in [6.45, 7) is 9.94. The first-order valence-corrected chi connectivity index (χ1v) is 10.2. The van der Waals surface area contributed by atoms with E-state index in [0.717, 1.165) is 41.4 Å². The van der Waals surface area contributed by atoms with E-state index in [1.807, 2.05) is 5.57 Å². The van der Waals surface area contributed by atoms with Crippen LogP contribution in [0.15, 0.2) is 11.6 Å². The van der Waals surface area contributed by atoms with Crippen molar-refractivity contribution < 1.29 is 0 Å². The lowest BCUT2D eigenvalue weighted by Crippen LogP contribution is -2.32. The molecule has 0 aromatic carbocycles. The second kappa shape index (κ2) is 7.10. The summed E-state index contributed by atoms with van der Waals surface area (Å²) in [5.41, 5.74) is 1.85. The van der Waals surface area contributed by atoms with Gasteiger partial charge in [-0.15, -0.1) is 0 Å². The minimum atomic E-state index is 0.905. The third-order valence-corrected chi connectivity index (χ3v) is 7.98. The molecule has 3 rings (SSSR count). The summed E-state index contributed by atoms with van der Waals surface area (Å²) >= 11 is 0. The Morgan fingerprint density at radius 2 is 1.45 bits per heavy atom. The Kier molecular flexibility index (Phi) is 5.35. The molecule has 5 unspecified atom stereocenters. The lowest BCUT2D eigenvalue weighted by Gasteiger charge is -2.42. The normalized spacial score (nSPS) is 47.1. The Balaban J connectivity index is 1.57. The van der Waals surface area contributed by atoms with Crippen molar-refractivity contribution in [1.82, 2.24) is 0 Å². The first-order valence-electron chi connectivity index (χ1n) is 10.2. The summed E-state index contributed by atoms with van der Waals surface area (Å²) in [4.78, 5) is 0. The molecule has 3 aliphatic carbocycles. The van der Waals surface area contributed by atoms with Crippen molar-refractivity contribution in [2.45, 2.75) is 85.5 Å². The highest BCUT2D eigenvalue weighted by atomic mass is 14.4. The quantitative estimate of drug-likeness (QED) is 0.489. The van der Waals surface area contributed by atoms with E-state index in [9.17, 15) is 0 Å². The van der Waals surface area contributed by atoms with E-state index < -0.39 is 0 Å². The van der Waals surface area contributed by atoms with Gasteiger partial charge in [0.15, 0.2) is 0 Å². The van der Waals surface area contributed by atoms with Crippen LogP contribution in [0.2, 0.25) is 0 Å². The summed E-state index contributed by atoms with van der Waals surface area (Å²) < 4.78 is 0.